The molecule has 5 nitrogen and oxygen atoms in total. The van der Waals surface area contributed by atoms with E-state index >= 15 is 0 Å². The third kappa shape index (κ3) is 5.47. The molecule has 7 rings (SSSR count). The Bertz CT molecular complexity index is 2210. The zero-order valence-electron chi connectivity index (χ0n) is 27.2. The van der Waals surface area contributed by atoms with Crippen molar-refractivity contribution >= 4 is 21.8 Å². The van der Waals surface area contributed by atoms with E-state index < -0.39 is 0 Å². The summed E-state index contributed by atoms with van der Waals surface area (Å²) in [6, 6.07) is 36.1. The molecule has 0 unspecified atom stereocenters. The maximum atomic E-state index is 6.43. The first kappa shape index (κ1) is 31.5. The van der Waals surface area contributed by atoms with Crippen molar-refractivity contribution in [2.24, 2.45) is 0 Å². The Morgan fingerprint density at radius 2 is 1.43 bits per heavy atom. The van der Waals surface area contributed by atoms with Crippen LogP contribution in [0.2, 0.25) is 0 Å². The number of pyridine rings is 1. The van der Waals surface area contributed by atoms with Gasteiger partial charge < -0.3 is 9.30 Å². The SMILES string of the molecule is Cc1cccc(C)c1-c1c(C)nn(-c2[c-]c(Oc3[c-]c4c(cc3)c3ccccc3n4-c3cc(C(C)(C)C)ccn3)ccc2)c1C.[Pt+2]. The number of para-hydroxylation sites is 1. The van der Waals surface area contributed by atoms with Crippen molar-refractivity contribution in [1.29, 1.82) is 0 Å². The molecule has 0 fully saturated rings. The summed E-state index contributed by atoms with van der Waals surface area (Å²) in [5.74, 6) is 2.07. The molecule has 7 aromatic rings. The summed E-state index contributed by atoms with van der Waals surface area (Å²) >= 11 is 0. The minimum Gasteiger partial charge on any atom is -0.509 e. The summed E-state index contributed by atoms with van der Waals surface area (Å²) in [6.45, 7) is 15.2. The van der Waals surface area contributed by atoms with Gasteiger partial charge in [-0.05, 0) is 84.6 Å². The normalized spacial score (nSPS) is 11.6. The summed E-state index contributed by atoms with van der Waals surface area (Å²) < 4.78 is 10.6. The Morgan fingerprint density at radius 1 is 0.717 bits per heavy atom. The smallest absolute Gasteiger partial charge is 0.509 e. The van der Waals surface area contributed by atoms with Crippen molar-refractivity contribution in [2.45, 2.75) is 53.9 Å². The molecule has 232 valence electrons. The van der Waals surface area contributed by atoms with Gasteiger partial charge in [0.25, 0.3) is 0 Å². The second-order valence-corrected chi connectivity index (χ2v) is 12.8. The first-order valence-corrected chi connectivity index (χ1v) is 15.4. The molecular weight excluding hydrogens is 748 g/mol. The molecule has 4 aromatic carbocycles. The molecule has 0 aliphatic rings. The van der Waals surface area contributed by atoms with Gasteiger partial charge in [-0.1, -0.05) is 62.7 Å². The second-order valence-electron chi connectivity index (χ2n) is 12.8. The van der Waals surface area contributed by atoms with Crippen LogP contribution in [0.4, 0.5) is 0 Å². The molecule has 0 N–H and O–H groups in total. The van der Waals surface area contributed by atoms with E-state index in [1.807, 2.05) is 35.1 Å². The topological polar surface area (TPSA) is 44.9 Å². The molecule has 0 aliphatic heterocycles. The monoisotopic (exact) mass is 783 g/mol. The van der Waals surface area contributed by atoms with E-state index in [0.717, 1.165) is 44.7 Å². The number of hydrogen-bond donors (Lipinski definition) is 0. The molecule has 0 saturated carbocycles. The van der Waals surface area contributed by atoms with Crippen LogP contribution in [0.25, 0.3) is 44.4 Å². The van der Waals surface area contributed by atoms with Crippen LogP contribution in [0.1, 0.15) is 48.8 Å². The number of fused-ring (bicyclic) bond motifs is 3. The van der Waals surface area contributed by atoms with Gasteiger partial charge in [0.05, 0.1) is 5.69 Å². The fraction of sp³-hybridized carbons (Fsp3) is 0.200. The Hall–Kier alpha value is -4.47. The van der Waals surface area contributed by atoms with Gasteiger partial charge in [-0.15, -0.1) is 35.7 Å². The summed E-state index contributed by atoms with van der Waals surface area (Å²) in [6.07, 6.45) is 1.89. The molecule has 0 aliphatic carbocycles. The Morgan fingerprint density at radius 3 is 2.20 bits per heavy atom. The molecule has 0 atom stereocenters. The predicted molar refractivity (Wildman–Crippen MR) is 183 cm³/mol. The van der Waals surface area contributed by atoms with E-state index in [4.69, 9.17) is 14.8 Å². The molecule has 0 amide bonds. The van der Waals surface area contributed by atoms with E-state index in [9.17, 15) is 0 Å². The summed E-state index contributed by atoms with van der Waals surface area (Å²) in [5.41, 5.74) is 11.0. The second kappa shape index (κ2) is 12.0. The quantitative estimate of drug-likeness (QED) is 0.163. The van der Waals surface area contributed by atoms with Gasteiger partial charge in [0.2, 0.25) is 0 Å². The van der Waals surface area contributed by atoms with Gasteiger partial charge in [0.1, 0.15) is 5.82 Å². The van der Waals surface area contributed by atoms with E-state index in [0.29, 0.717) is 11.5 Å². The minimum absolute atomic E-state index is 0. The molecule has 46 heavy (non-hydrogen) atoms. The van der Waals surface area contributed by atoms with Crippen molar-refractivity contribution in [3.05, 3.63) is 131 Å². The molecule has 0 spiro atoms. The van der Waals surface area contributed by atoms with Crippen LogP contribution in [0.15, 0.2) is 91.1 Å². The standard InChI is InChI=1S/C40H36N4O.Pt/c1-25-12-10-13-26(2)38(25)39-27(3)42-44(28(39)4)30-14-11-15-31(23-30)45-32-18-19-34-33-16-8-9-17-35(33)43(36(34)24-32)37-22-29(20-21-41-37)40(5,6)7;/h8-22H,1-7H3;/q-2;+2. The van der Waals surface area contributed by atoms with Gasteiger partial charge in [-0.25, -0.2) is 4.98 Å². The van der Waals surface area contributed by atoms with Gasteiger partial charge in [-0.3, -0.25) is 4.68 Å². The maximum absolute atomic E-state index is 6.43. The molecular formula is C40H36N4OPt. The summed E-state index contributed by atoms with van der Waals surface area (Å²) in [7, 11) is 0. The number of ether oxygens (including phenoxy) is 1. The zero-order chi connectivity index (χ0) is 31.5. The zero-order valence-corrected chi connectivity index (χ0v) is 29.4. The molecule has 0 bridgehead atoms. The summed E-state index contributed by atoms with van der Waals surface area (Å²) in [4.78, 5) is 4.79. The van der Waals surface area contributed by atoms with Gasteiger partial charge in [0, 0.05) is 34.5 Å². The Kier molecular flexibility index (Phi) is 8.25. The van der Waals surface area contributed by atoms with E-state index in [-0.39, 0.29) is 26.5 Å². The number of aryl methyl sites for hydroxylation is 3. The average Bonchev–Trinajstić information content (AvgIpc) is 3.50. The number of rotatable bonds is 5. The van der Waals surface area contributed by atoms with Crippen molar-refractivity contribution in [2.75, 3.05) is 0 Å². The van der Waals surface area contributed by atoms with Crippen LogP contribution in [-0.4, -0.2) is 19.3 Å². The maximum Gasteiger partial charge on any atom is 2.00 e. The van der Waals surface area contributed by atoms with E-state index in [2.05, 4.69) is 126 Å². The number of aromatic nitrogens is 4. The molecule has 0 saturated heterocycles. The van der Waals surface area contributed by atoms with Crippen LogP contribution in [-0.2, 0) is 26.5 Å². The van der Waals surface area contributed by atoms with Crippen molar-refractivity contribution in [3.8, 4) is 34.1 Å². The van der Waals surface area contributed by atoms with E-state index in [1.54, 1.807) is 0 Å². The fourth-order valence-corrected chi connectivity index (χ4v) is 6.36. The number of nitrogens with zero attached hydrogens (tertiary/aromatic N) is 4. The Balaban J connectivity index is 0.00000372. The largest absolute Gasteiger partial charge is 2.00 e. The first-order valence-electron chi connectivity index (χ1n) is 15.4. The van der Waals surface area contributed by atoms with Crippen LogP contribution >= 0.6 is 0 Å². The van der Waals surface area contributed by atoms with Gasteiger partial charge in [0.15, 0.2) is 0 Å². The van der Waals surface area contributed by atoms with Crippen LogP contribution in [0, 0.1) is 39.8 Å². The van der Waals surface area contributed by atoms with Crippen molar-refractivity contribution in [1.82, 2.24) is 19.3 Å². The average molecular weight is 784 g/mol. The van der Waals surface area contributed by atoms with Crippen LogP contribution in [0.3, 0.4) is 0 Å². The third-order valence-electron chi connectivity index (χ3n) is 8.62. The predicted octanol–water partition coefficient (Wildman–Crippen LogP) is 9.95. The number of hydrogen-bond acceptors (Lipinski definition) is 3. The molecule has 6 heteroatoms. The van der Waals surface area contributed by atoms with Crippen molar-refractivity contribution < 1.29 is 25.8 Å². The van der Waals surface area contributed by atoms with Gasteiger partial charge in [-0.2, -0.15) is 17.2 Å². The molecule has 3 aromatic heterocycles. The number of benzene rings is 4. The molecule has 0 radical (unpaired) electrons. The summed E-state index contributed by atoms with van der Waals surface area (Å²) in [5, 5.41) is 7.18. The minimum atomic E-state index is 0. The van der Waals surface area contributed by atoms with E-state index in [1.165, 1.54) is 27.8 Å². The fourth-order valence-electron chi connectivity index (χ4n) is 6.36. The van der Waals surface area contributed by atoms with Crippen LogP contribution < -0.4 is 4.74 Å². The third-order valence-corrected chi connectivity index (χ3v) is 8.62. The first-order chi connectivity index (χ1) is 21.6. The van der Waals surface area contributed by atoms with Crippen molar-refractivity contribution in [3.63, 3.8) is 0 Å². The van der Waals surface area contributed by atoms with Crippen LogP contribution in [0.5, 0.6) is 11.5 Å². The molecule has 3 heterocycles. The Labute approximate surface area is 285 Å². The van der Waals surface area contributed by atoms with Gasteiger partial charge >= 0.3 is 21.1 Å².